The van der Waals surface area contributed by atoms with E-state index in [1.165, 1.54) is 23.3 Å². The van der Waals surface area contributed by atoms with Gasteiger partial charge >= 0.3 is 0 Å². The first-order chi connectivity index (χ1) is 14.3. The van der Waals surface area contributed by atoms with Gasteiger partial charge in [-0.05, 0) is 49.6 Å². The number of rotatable bonds is 7. The summed E-state index contributed by atoms with van der Waals surface area (Å²) < 4.78 is 13.1. The summed E-state index contributed by atoms with van der Waals surface area (Å²) in [5.74, 6) is -1.07. The van der Waals surface area contributed by atoms with Crippen molar-refractivity contribution >= 4 is 23.4 Å². The molecule has 2 aromatic carbocycles. The molecule has 30 heavy (non-hydrogen) atoms. The van der Waals surface area contributed by atoms with E-state index >= 15 is 0 Å². The molecule has 5 nitrogen and oxygen atoms in total. The summed E-state index contributed by atoms with van der Waals surface area (Å²) in [6.45, 7) is 6.77. The summed E-state index contributed by atoms with van der Waals surface area (Å²) in [6, 6.07) is 12.1. The van der Waals surface area contributed by atoms with Crippen molar-refractivity contribution in [2.75, 3.05) is 19.6 Å². The second kappa shape index (κ2) is 9.58. The third-order valence-electron chi connectivity index (χ3n) is 5.52. The van der Waals surface area contributed by atoms with Gasteiger partial charge < -0.3 is 10.6 Å². The molecular formula is C23H27ClFN3O2. The van der Waals surface area contributed by atoms with Gasteiger partial charge in [0.25, 0.3) is 5.91 Å². The fraction of sp³-hybridized carbons (Fsp3) is 0.391. The van der Waals surface area contributed by atoms with Crippen molar-refractivity contribution in [3.05, 3.63) is 70.0 Å². The van der Waals surface area contributed by atoms with Crippen LogP contribution in [0.1, 0.15) is 41.8 Å². The van der Waals surface area contributed by atoms with Crippen LogP contribution in [0.2, 0.25) is 5.02 Å². The molecule has 0 aromatic heterocycles. The van der Waals surface area contributed by atoms with Gasteiger partial charge in [0.2, 0.25) is 5.91 Å². The first-order valence-electron chi connectivity index (χ1n) is 10.1. The monoisotopic (exact) mass is 431 g/mol. The minimum absolute atomic E-state index is 0.0433. The van der Waals surface area contributed by atoms with Crippen LogP contribution in [-0.2, 0) is 17.8 Å². The second-order valence-corrected chi connectivity index (χ2v) is 8.57. The summed E-state index contributed by atoms with van der Waals surface area (Å²) in [6.07, 6.45) is 1.16. The Labute approximate surface area is 181 Å². The zero-order valence-corrected chi connectivity index (χ0v) is 18.1. The highest BCUT2D eigenvalue weighted by molar-refractivity contribution is 6.33. The molecule has 0 fully saturated rings. The number of hydrogen-bond donors (Lipinski definition) is 2. The van der Waals surface area contributed by atoms with Crippen molar-refractivity contribution in [2.24, 2.45) is 0 Å². The van der Waals surface area contributed by atoms with Crippen LogP contribution < -0.4 is 10.6 Å². The maximum atomic E-state index is 13.1. The van der Waals surface area contributed by atoms with E-state index in [9.17, 15) is 14.0 Å². The van der Waals surface area contributed by atoms with Crippen molar-refractivity contribution in [2.45, 2.75) is 38.8 Å². The zero-order valence-electron chi connectivity index (χ0n) is 17.3. The van der Waals surface area contributed by atoms with Gasteiger partial charge in [-0.2, -0.15) is 0 Å². The largest absolute Gasteiger partial charge is 0.354 e. The number of carbonyl (C=O) groups is 2. The van der Waals surface area contributed by atoms with Crippen LogP contribution in [0.4, 0.5) is 4.39 Å². The maximum absolute atomic E-state index is 13.1. The van der Waals surface area contributed by atoms with E-state index in [-0.39, 0.29) is 35.0 Å². The van der Waals surface area contributed by atoms with E-state index < -0.39 is 11.7 Å². The number of carbonyl (C=O) groups excluding carboxylic acids is 2. The number of halogens is 2. The van der Waals surface area contributed by atoms with Crippen molar-refractivity contribution in [1.29, 1.82) is 0 Å². The molecule has 0 aliphatic carbocycles. The molecule has 1 heterocycles. The van der Waals surface area contributed by atoms with Crippen molar-refractivity contribution < 1.29 is 14.0 Å². The molecule has 0 bridgehead atoms. The van der Waals surface area contributed by atoms with Gasteiger partial charge in [0.15, 0.2) is 0 Å². The number of amides is 2. The van der Waals surface area contributed by atoms with E-state index in [1.807, 2.05) is 0 Å². The standard InChI is InChI=1S/C23H27ClFN3O2/c1-23(2,28-12-10-16-5-3-4-6-17(16)14-28)15-27-21(29)9-11-26-22(30)19-8-7-18(25)13-20(19)24/h3-8,13H,9-12,14-15H2,1-2H3,(H,26,30)(H,27,29). The van der Waals surface area contributed by atoms with Crippen LogP contribution in [0.25, 0.3) is 0 Å². The minimum atomic E-state index is -0.504. The third kappa shape index (κ3) is 5.58. The lowest BCUT2D eigenvalue weighted by Crippen LogP contribution is -2.53. The van der Waals surface area contributed by atoms with Gasteiger partial charge in [0, 0.05) is 38.1 Å². The maximum Gasteiger partial charge on any atom is 0.252 e. The Balaban J connectivity index is 1.43. The molecule has 0 atom stereocenters. The summed E-state index contributed by atoms with van der Waals surface area (Å²) >= 11 is 5.89. The Morgan fingerprint density at radius 1 is 1.13 bits per heavy atom. The molecule has 2 amide bonds. The number of nitrogens with one attached hydrogen (secondary N) is 2. The van der Waals surface area contributed by atoms with E-state index in [1.54, 1.807) is 0 Å². The van der Waals surface area contributed by atoms with Crippen LogP contribution in [0.15, 0.2) is 42.5 Å². The molecule has 2 N–H and O–H groups in total. The Hall–Kier alpha value is -2.44. The fourth-order valence-corrected chi connectivity index (χ4v) is 3.84. The first-order valence-corrected chi connectivity index (χ1v) is 10.5. The molecule has 7 heteroatoms. The number of benzene rings is 2. The molecule has 0 unspecified atom stereocenters. The minimum Gasteiger partial charge on any atom is -0.354 e. The second-order valence-electron chi connectivity index (χ2n) is 8.16. The van der Waals surface area contributed by atoms with E-state index in [0.717, 1.165) is 25.6 Å². The molecule has 0 saturated heterocycles. The van der Waals surface area contributed by atoms with Crippen molar-refractivity contribution in [3.63, 3.8) is 0 Å². The van der Waals surface area contributed by atoms with Gasteiger partial charge in [-0.1, -0.05) is 35.9 Å². The molecule has 1 aliphatic heterocycles. The van der Waals surface area contributed by atoms with Crippen LogP contribution >= 0.6 is 11.6 Å². The number of nitrogens with zero attached hydrogens (tertiary/aromatic N) is 1. The third-order valence-corrected chi connectivity index (χ3v) is 5.83. The van der Waals surface area contributed by atoms with Crippen LogP contribution in [-0.4, -0.2) is 41.9 Å². The SMILES string of the molecule is CC(C)(CNC(=O)CCNC(=O)c1ccc(F)cc1Cl)N1CCc2ccccc2C1. The van der Waals surface area contributed by atoms with Crippen LogP contribution in [0.5, 0.6) is 0 Å². The molecular weight excluding hydrogens is 405 g/mol. The van der Waals surface area contributed by atoms with Gasteiger partial charge in [-0.15, -0.1) is 0 Å². The number of hydrogen-bond acceptors (Lipinski definition) is 3. The van der Waals surface area contributed by atoms with E-state index in [2.05, 4.69) is 53.6 Å². The topological polar surface area (TPSA) is 61.4 Å². The van der Waals surface area contributed by atoms with Gasteiger partial charge in [0.05, 0.1) is 10.6 Å². The molecule has 3 rings (SSSR count). The van der Waals surface area contributed by atoms with Gasteiger partial charge in [-0.25, -0.2) is 4.39 Å². The van der Waals surface area contributed by atoms with E-state index in [4.69, 9.17) is 11.6 Å². The predicted octanol–water partition coefficient (Wildman–Crippen LogP) is 3.55. The molecule has 0 spiro atoms. The van der Waals surface area contributed by atoms with Gasteiger partial charge in [-0.3, -0.25) is 14.5 Å². The molecule has 0 radical (unpaired) electrons. The predicted molar refractivity (Wildman–Crippen MR) is 116 cm³/mol. The fourth-order valence-electron chi connectivity index (χ4n) is 3.59. The average Bonchev–Trinajstić information content (AvgIpc) is 2.72. The lowest BCUT2D eigenvalue weighted by Gasteiger charge is -2.41. The van der Waals surface area contributed by atoms with Crippen molar-refractivity contribution in [3.8, 4) is 0 Å². The summed E-state index contributed by atoms with van der Waals surface area (Å²) in [5.41, 5.74) is 2.73. The first kappa shape index (κ1) is 22.2. The summed E-state index contributed by atoms with van der Waals surface area (Å²) in [7, 11) is 0. The van der Waals surface area contributed by atoms with Crippen LogP contribution in [0.3, 0.4) is 0 Å². The smallest absolute Gasteiger partial charge is 0.252 e. The number of fused-ring (bicyclic) bond motifs is 1. The summed E-state index contributed by atoms with van der Waals surface area (Å²) in [5, 5.41) is 5.66. The molecule has 1 aliphatic rings. The quantitative estimate of drug-likeness (QED) is 0.704. The Morgan fingerprint density at radius 3 is 2.60 bits per heavy atom. The molecule has 0 saturated carbocycles. The van der Waals surface area contributed by atoms with Crippen LogP contribution in [0, 0.1) is 5.82 Å². The average molecular weight is 432 g/mol. The van der Waals surface area contributed by atoms with Crippen molar-refractivity contribution in [1.82, 2.24) is 15.5 Å². The molecule has 160 valence electrons. The molecule has 2 aromatic rings. The Kier molecular flexibility index (Phi) is 7.10. The summed E-state index contributed by atoms with van der Waals surface area (Å²) in [4.78, 5) is 26.8. The van der Waals surface area contributed by atoms with E-state index in [0.29, 0.717) is 6.54 Å². The lowest BCUT2D eigenvalue weighted by atomic mass is 9.94. The lowest BCUT2D eigenvalue weighted by molar-refractivity contribution is -0.121. The Morgan fingerprint density at radius 2 is 1.87 bits per heavy atom. The Bertz CT molecular complexity index is 932. The zero-order chi connectivity index (χ0) is 21.7. The highest BCUT2D eigenvalue weighted by atomic mass is 35.5. The normalized spacial score (nSPS) is 14.1. The van der Waals surface area contributed by atoms with Gasteiger partial charge in [0.1, 0.15) is 5.82 Å². The highest BCUT2D eigenvalue weighted by Crippen LogP contribution is 2.25. The highest BCUT2D eigenvalue weighted by Gasteiger charge is 2.30.